The lowest BCUT2D eigenvalue weighted by atomic mass is 10.1. The summed E-state index contributed by atoms with van der Waals surface area (Å²) in [4.78, 5) is 5.39. The van der Waals surface area contributed by atoms with E-state index in [0.29, 0.717) is 22.8 Å². The Morgan fingerprint density at radius 2 is 2.00 bits per heavy atom. The average Bonchev–Trinajstić information content (AvgIpc) is 3.08. The zero-order valence-corrected chi connectivity index (χ0v) is 14.4. The Balaban J connectivity index is 1.80. The molecule has 0 bridgehead atoms. The molecule has 2 aromatic carbocycles. The fraction of sp³-hybridized carbons (Fsp3) is 0.222. The van der Waals surface area contributed by atoms with Crippen LogP contribution >= 0.6 is 11.8 Å². The lowest BCUT2D eigenvalue weighted by molar-refractivity contribution is 0.380. The number of nitrogens with zero attached hydrogens (tertiary/aromatic N) is 2. The molecule has 24 heavy (non-hydrogen) atoms. The molecule has 3 aromatic rings. The van der Waals surface area contributed by atoms with Crippen molar-refractivity contribution in [3.63, 3.8) is 0 Å². The van der Waals surface area contributed by atoms with Crippen LogP contribution in [0.25, 0.3) is 11.4 Å². The Morgan fingerprint density at radius 3 is 2.75 bits per heavy atom. The maximum Gasteiger partial charge on any atom is 0.240 e. The van der Waals surface area contributed by atoms with E-state index < -0.39 is 0 Å². The highest BCUT2D eigenvalue weighted by molar-refractivity contribution is 7.99. The maximum atomic E-state index is 13.7. The molecule has 124 valence electrons. The molecule has 3 rings (SSSR count). The molecular formula is C18H17FN2O2S. The van der Waals surface area contributed by atoms with E-state index in [1.165, 1.54) is 6.07 Å². The number of halogens is 1. The molecule has 6 heteroatoms. The van der Waals surface area contributed by atoms with Gasteiger partial charge in [0.05, 0.1) is 17.3 Å². The molecular weight excluding hydrogens is 327 g/mol. The van der Waals surface area contributed by atoms with E-state index in [9.17, 15) is 4.39 Å². The van der Waals surface area contributed by atoms with Crippen LogP contribution in [0.3, 0.4) is 0 Å². The van der Waals surface area contributed by atoms with E-state index in [0.717, 1.165) is 10.6 Å². The van der Waals surface area contributed by atoms with Gasteiger partial charge in [-0.2, -0.15) is 4.98 Å². The highest BCUT2D eigenvalue weighted by Crippen LogP contribution is 2.39. The summed E-state index contributed by atoms with van der Waals surface area (Å²) in [6.07, 6.45) is 0. The molecule has 4 nitrogen and oxygen atoms in total. The predicted octanol–water partition coefficient (Wildman–Crippen LogP) is 5.05. The van der Waals surface area contributed by atoms with Crippen LogP contribution in [0.15, 0.2) is 51.9 Å². The monoisotopic (exact) mass is 344 g/mol. The third kappa shape index (κ3) is 3.43. The summed E-state index contributed by atoms with van der Waals surface area (Å²) in [7, 11) is 1.64. The molecule has 0 N–H and O–H groups in total. The van der Waals surface area contributed by atoms with Gasteiger partial charge in [-0.15, -0.1) is 11.8 Å². The number of aromatic nitrogens is 2. The topological polar surface area (TPSA) is 48.2 Å². The summed E-state index contributed by atoms with van der Waals surface area (Å²) in [5, 5.41) is 3.91. The largest absolute Gasteiger partial charge is 0.496 e. The second kappa shape index (κ2) is 7.05. The highest BCUT2D eigenvalue weighted by atomic mass is 32.2. The molecule has 0 amide bonds. The van der Waals surface area contributed by atoms with Crippen LogP contribution in [0, 0.1) is 12.7 Å². The Morgan fingerprint density at radius 1 is 1.21 bits per heavy atom. The van der Waals surface area contributed by atoms with Gasteiger partial charge in [0, 0.05) is 5.56 Å². The number of hydrogen-bond donors (Lipinski definition) is 0. The molecule has 0 fully saturated rings. The molecule has 0 aliphatic rings. The van der Waals surface area contributed by atoms with E-state index in [4.69, 9.17) is 9.26 Å². The number of hydrogen-bond acceptors (Lipinski definition) is 5. The van der Waals surface area contributed by atoms with Crippen molar-refractivity contribution in [2.24, 2.45) is 0 Å². The molecule has 1 heterocycles. The van der Waals surface area contributed by atoms with Crippen molar-refractivity contribution in [1.82, 2.24) is 10.1 Å². The van der Waals surface area contributed by atoms with Crippen molar-refractivity contribution in [3.8, 4) is 17.1 Å². The molecule has 0 aliphatic heterocycles. The Bertz CT molecular complexity index is 851. The summed E-state index contributed by atoms with van der Waals surface area (Å²) in [6.45, 7) is 3.69. The van der Waals surface area contributed by atoms with Gasteiger partial charge in [-0.1, -0.05) is 29.4 Å². The van der Waals surface area contributed by atoms with Crippen LogP contribution < -0.4 is 4.74 Å². The van der Waals surface area contributed by atoms with Gasteiger partial charge in [0.25, 0.3) is 0 Å². The lowest BCUT2D eigenvalue weighted by Gasteiger charge is -2.10. The fourth-order valence-electron chi connectivity index (χ4n) is 2.21. The molecule has 0 aliphatic carbocycles. The van der Waals surface area contributed by atoms with E-state index in [-0.39, 0.29) is 11.1 Å². The quantitative estimate of drug-likeness (QED) is 0.606. The van der Waals surface area contributed by atoms with Crippen molar-refractivity contribution in [1.29, 1.82) is 0 Å². The number of methoxy groups -OCH3 is 1. The number of aryl methyl sites for hydroxylation is 1. The number of benzene rings is 2. The van der Waals surface area contributed by atoms with E-state index in [1.807, 2.05) is 31.2 Å². The minimum atomic E-state index is -0.282. The minimum absolute atomic E-state index is 0.0576. The normalized spacial score (nSPS) is 12.2. The number of para-hydroxylation sites is 1. The summed E-state index contributed by atoms with van der Waals surface area (Å²) in [5.74, 6) is 1.39. The van der Waals surface area contributed by atoms with E-state index in [1.54, 1.807) is 37.9 Å². The number of rotatable bonds is 5. The van der Waals surface area contributed by atoms with E-state index in [2.05, 4.69) is 10.1 Å². The van der Waals surface area contributed by atoms with Crippen LogP contribution in [0.2, 0.25) is 0 Å². The zero-order valence-electron chi connectivity index (χ0n) is 13.6. The fourth-order valence-corrected chi connectivity index (χ4v) is 3.21. The first kappa shape index (κ1) is 16.5. The SMILES string of the molecule is COc1ccccc1SC(C)c1nc(-c2ccc(C)c(F)c2)no1. The first-order valence-electron chi connectivity index (χ1n) is 7.48. The second-order valence-electron chi connectivity index (χ2n) is 5.33. The molecule has 1 aromatic heterocycles. The third-order valence-electron chi connectivity index (χ3n) is 3.59. The van der Waals surface area contributed by atoms with Crippen LogP contribution in [-0.2, 0) is 0 Å². The molecule has 0 spiro atoms. The van der Waals surface area contributed by atoms with Crippen molar-refractivity contribution in [2.75, 3.05) is 7.11 Å². The minimum Gasteiger partial charge on any atom is -0.496 e. The van der Waals surface area contributed by atoms with Crippen molar-refractivity contribution in [3.05, 3.63) is 59.7 Å². The standard InChI is InChI=1S/C18H17FN2O2S/c1-11-8-9-13(10-14(11)19)17-20-18(23-21-17)12(2)24-16-7-5-4-6-15(16)22-3/h4-10,12H,1-3H3. The van der Waals surface area contributed by atoms with Gasteiger partial charge in [0.2, 0.25) is 11.7 Å². The predicted molar refractivity (Wildman–Crippen MR) is 91.7 cm³/mol. The molecule has 1 unspecified atom stereocenters. The van der Waals surface area contributed by atoms with Crippen LogP contribution in [0.4, 0.5) is 4.39 Å². The van der Waals surface area contributed by atoms with Gasteiger partial charge >= 0.3 is 0 Å². The number of thioether (sulfide) groups is 1. The Kier molecular flexibility index (Phi) is 4.85. The van der Waals surface area contributed by atoms with Gasteiger partial charge in [-0.05, 0) is 37.6 Å². The zero-order chi connectivity index (χ0) is 17.1. The summed E-state index contributed by atoms with van der Waals surface area (Å²) in [5.41, 5.74) is 1.19. The molecule has 1 atom stereocenters. The smallest absolute Gasteiger partial charge is 0.240 e. The Labute approximate surface area is 144 Å². The van der Waals surface area contributed by atoms with Crippen LogP contribution in [0.1, 0.15) is 23.6 Å². The van der Waals surface area contributed by atoms with Crippen molar-refractivity contribution in [2.45, 2.75) is 24.0 Å². The highest BCUT2D eigenvalue weighted by Gasteiger charge is 2.18. The molecule has 0 saturated carbocycles. The van der Waals surface area contributed by atoms with Gasteiger partial charge in [0.1, 0.15) is 11.6 Å². The average molecular weight is 344 g/mol. The number of ether oxygens (including phenoxy) is 1. The van der Waals surface area contributed by atoms with Crippen LogP contribution in [-0.4, -0.2) is 17.3 Å². The maximum absolute atomic E-state index is 13.7. The van der Waals surface area contributed by atoms with Gasteiger partial charge in [-0.3, -0.25) is 0 Å². The second-order valence-corrected chi connectivity index (χ2v) is 6.71. The summed E-state index contributed by atoms with van der Waals surface area (Å²) in [6, 6.07) is 12.7. The first-order valence-corrected chi connectivity index (χ1v) is 8.36. The molecule has 0 saturated heterocycles. The third-order valence-corrected chi connectivity index (χ3v) is 4.74. The Hall–Kier alpha value is -2.34. The van der Waals surface area contributed by atoms with Gasteiger partial charge in [-0.25, -0.2) is 4.39 Å². The lowest BCUT2D eigenvalue weighted by Crippen LogP contribution is -1.92. The first-order chi connectivity index (χ1) is 11.6. The van der Waals surface area contributed by atoms with Gasteiger partial charge in [0.15, 0.2) is 0 Å². The van der Waals surface area contributed by atoms with Crippen molar-refractivity contribution < 1.29 is 13.7 Å². The van der Waals surface area contributed by atoms with Crippen LogP contribution in [0.5, 0.6) is 5.75 Å². The van der Waals surface area contributed by atoms with E-state index >= 15 is 0 Å². The summed E-state index contributed by atoms with van der Waals surface area (Å²) >= 11 is 1.57. The molecule has 0 radical (unpaired) electrons. The summed E-state index contributed by atoms with van der Waals surface area (Å²) < 4.78 is 24.4. The van der Waals surface area contributed by atoms with Crippen molar-refractivity contribution >= 4 is 11.8 Å². The van der Waals surface area contributed by atoms with Gasteiger partial charge < -0.3 is 9.26 Å².